The zero-order chi connectivity index (χ0) is 18.1. The Morgan fingerprint density at radius 3 is 2.35 bits per heavy atom. The molecule has 1 aliphatic carbocycles. The van der Waals surface area contributed by atoms with Gasteiger partial charge in [-0.3, -0.25) is 4.90 Å². The maximum atomic E-state index is 9.70. The van der Waals surface area contributed by atoms with Gasteiger partial charge in [-0.15, -0.1) is 10.2 Å². The molecule has 26 heavy (non-hydrogen) atoms. The summed E-state index contributed by atoms with van der Waals surface area (Å²) in [4.78, 5) is 5.12. The topological polar surface area (TPSA) is 83.4 Å². The van der Waals surface area contributed by atoms with Crippen LogP contribution in [0.2, 0.25) is 0 Å². The molecule has 2 aliphatic heterocycles. The average molecular weight is 363 g/mol. The number of aliphatic hydroxyl groups excluding tert-OH is 1. The molecule has 0 atom stereocenters. The Hall–Kier alpha value is -1.02. The van der Waals surface area contributed by atoms with Crippen molar-refractivity contribution >= 4 is 0 Å². The first kappa shape index (κ1) is 18.3. The van der Waals surface area contributed by atoms with Gasteiger partial charge in [0.2, 0.25) is 0 Å². The van der Waals surface area contributed by atoms with E-state index in [4.69, 9.17) is 5.73 Å². The SMILES string of the molecule is CCn1c(CN2CCC(N3CCC(O)CC3)CC2)nnc1C1CC(N)C1. The Bertz CT molecular complexity index is 583. The molecule has 4 rings (SSSR count). The van der Waals surface area contributed by atoms with Crippen molar-refractivity contribution in [2.75, 3.05) is 26.2 Å². The predicted molar refractivity (Wildman–Crippen MR) is 101 cm³/mol. The molecule has 0 unspecified atom stereocenters. The molecule has 3 N–H and O–H groups in total. The smallest absolute Gasteiger partial charge is 0.147 e. The van der Waals surface area contributed by atoms with E-state index in [1.54, 1.807) is 0 Å². The number of hydrogen-bond acceptors (Lipinski definition) is 6. The minimum atomic E-state index is -0.0776. The van der Waals surface area contributed by atoms with Crippen molar-refractivity contribution < 1.29 is 5.11 Å². The summed E-state index contributed by atoms with van der Waals surface area (Å²) in [6.45, 7) is 8.41. The van der Waals surface area contributed by atoms with Gasteiger partial charge in [-0.2, -0.15) is 0 Å². The van der Waals surface area contributed by atoms with E-state index >= 15 is 0 Å². The van der Waals surface area contributed by atoms with Crippen LogP contribution in [0.25, 0.3) is 0 Å². The molecule has 0 aromatic carbocycles. The van der Waals surface area contributed by atoms with Crippen LogP contribution in [0, 0.1) is 0 Å². The Balaban J connectivity index is 1.30. The fourth-order valence-electron chi connectivity index (χ4n) is 4.88. The maximum absolute atomic E-state index is 9.70. The van der Waals surface area contributed by atoms with Crippen molar-refractivity contribution in [2.24, 2.45) is 5.73 Å². The monoisotopic (exact) mass is 362 g/mol. The zero-order valence-electron chi connectivity index (χ0n) is 16.1. The third-order valence-corrected chi connectivity index (χ3v) is 6.65. The summed E-state index contributed by atoms with van der Waals surface area (Å²) in [5.74, 6) is 2.76. The second-order valence-corrected chi connectivity index (χ2v) is 8.42. The van der Waals surface area contributed by atoms with Gasteiger partial charge in [0.05, 0.1) is 12.6 Å². The van der Waals surface area contributed by atoms with Crippen molar-refractivity contribution in [3.05, 3.63) is 11.6 Å². The molecule has 2 saturated heterocycles. The highest BCUT2D eigenvalue weighted by Gasteiger charge is 2.33. The first-order valence-electron chi connectivity index (χ1n) is 10.5. The molecule has 1 aromatic rings. The van der Waals surface area contributed by atoms with E-state index in [0.29, 0.717) is 18.0 Å². The summed E-state index contributed by atoms with van der Waals surface area (Å²) < 4.78 is 2.31. The Morgan fingerprint density at radius 1 is 1.04 bits per heavy atom. The standard InChI is InChI=1S/C19H34N6O/c1-2-25-18(21-22-19(25)14-11-15(20)12-14)13-23-7-3-16(4-8-23)24-9-5-17(26)6-10-24/h14-17,26H,2-13,20H2,1H3. The molecule has 1 aromatic heterocycles. The van der Waals surface area contributed by atoms with E-state index in [9.17, 15) is 5.11 Å². The largest absolute Gasteiger partial charge is 0.393 e. The maximum Gasteiger partial charge on any atom is 0.147 e. The van der Waals surface area contributed by atoms with Gasteiger partial charge in [-0.25, -0.2) is 0 Å². The highest BCUT2D eigenvalue weighted by atomic mass is 16.3. The van der Waals surface area contributed by atoms with Gasteiger partial charge in [0.15, 0.2) is 0 Å². The second kappa shape index (κ2) is 7.92. The molecule has 0 radical (unpaired) electrons. The fourth-order valence-corrected chi connectivity index (χ4v) is 4.88. The summed E-state index contributed by atoms with van der Waals surface area (Å²) >= 11 is 0. The lowest BCUT2D eigenvalue weighted by Crippen LogP contribution is -2.48. The highest BCUT2D eigenvalue weighted by Crippen LogP contribution is 2.35. The number of nitrogens with zero attached hydrogens (tertiary/aromatic N) is 5. The summed E-state index contributed by atoms with van der Waals surface area (Å²) in [6.07, 6.45) is 6.34. The Morgan fingerprint density at radius 2 is 1.73 bits per heavy atom. The van der Waals surface area contributed by atoms with Gasteiger partial charge >= 0.3 is 0 Å². The molecule has 3 heterocycles. The molecule has 3 fully saturated rings. The van der Waals surface area contributed by atoms with Crippen molar-refractivity contribution in [1.82, 2.24) is 24.6 Å². The average Bonchev–Trinajstić information content (AvgIpc) is 3.02. The predicted octanol–water partition coefficient (Wildman–Crippen LogP) is 0.924. The van der Waals surface area contributed by atoms with Crippen molar-refractivity contribution in [1.29, 1.82) is 0 Å². The van der Waals surface area contributed by atoms with Crippen LogP contribution in [0.4, 0.5) is 0 Å². The lowest BCUT2D eigenvalue weighted by atomic mass is 9.80. The third-order valence-electron chi connectivity index (χ3n) is 6.65. The van der Waals surface area contributed by atoms with E-state index in [2.05, 4.69) is 31.5 Å². The molecule has 7 heteroatoms. The minimum absolute atomic E-state index is 0.0776. The summed E-state index contributed by atoms with van der Waals surface area (Å²) in [6, 6.07) is 1.04. The van der Waals surface area contributed by atoms with Crippen molar-refractivity contribution in [2.45, 2.75) is 82.6 Å². The van der Waals surface area contributed by atoms with Crippen LogP contribution in [0.3, 0.4) is 0 Å². The van der Waals surface area contributed by atoms with Crippen LogP contribution in [0.5, 0.6) is 0 Å². The molecule has 0 spiro atoms. The van der Waals surface area contributed by atoms with Gasteiger partial charge in [-0.1, -0.05) is 0 Å². The van der Waals surface area contributed by atoms with Gasteiger partial charge in [0, 0.05) is 50.7 Å². The number of likely N-dealkylation sites (tertiary alicyclic amines) is 2. The molecular formula is C19H34N6O. The third kappa shape index (κ3) is 3.81. The number of aliphatic hydroxyl groups is 1. The first-order valence-corrected chi connectivity index (χ1v) is 10.5. The summed E-state index contributed by atoms with van der Waals surface area (Å²) in [5, 5.41) is 18.7. The van der Waals surface area contributed by atoms with Crippen molar-refractivity contribution in [3.8, 4) is 0 Å². The van der Waals surface area contributed by atoms with Gasteiger partial charge in [-0.05, 0) is 45.4 Å². The molecular weight excluding hydrogens is 328 g/mol. The van der Waals surface area contributed by atoms with E-state index < -0.39 is 0 Å². The number of piperidine rings is 2. The molecule has 3 aliphatic rings. The van der Waals surface area contributed by atoms with Crippen LogP contribution in [-0.2, 0) is 13.1 Å². The van der Waals surface area contributed by atoms with Gasteiger partial charge in [0.1, 0.15) is 11.6 Å². The zero-order valence-corrected chi connectivity index (χ0v) is 16.1. The van der Waals surface area contributed by atoms with Crippen LogP contribution < -0.4 is 5.73 Å². The molecule has 7 nitrogen and oxygen atoms in total. The van der Waals surface area contributed by atoms with Gasteiger partial charge < -0.3 is 20.3 Å². The lowest BCUT2D eigenvalue weighted by Gasteiger charge is -2.41. The Kier molecular flexibility index (Phi) is 5.59. The second-order valence-electron chi connectivity index (χ2n) is 8.42. The van der Waals surface area contributed by atoms with Crippen molar-refractivity contribution in [3.63, 3.8) is 0 Å². The van der Waals surface area contributed by atoms with Gasteiger partial charge in [0.25, 0.3) is 0 Å². The van der Waals surface area contributed by atoms with E-state index in [1.807, 2.05) is 0 Å². The van der Waals surface area contributed by atoms with E-state index in [-0.39, 0.29) is 6.10 Å². The van der Waals surface area contributed by atoms with E-state index in [0.717, 1.165) is 76.6 Å². The number of hydrogen-bond donors (Lipinski definition) is 2. The lowest BCUT2D eigenvalue weighted by molar-refractivity contribution is 0.0370. The van der Waals surface area contributed by atoms with Crippen LogP contribution in [-0.4, -0.2) is 74.0 Å². The van der Waals surface area contributed by atoms with Crippen LogP contribution >= 0.6 is 0 Å². The molecule has 0 amide bonds. The molecule has 1 saturated carbocycles. The number of rotatable bonds is 5. The van der Waals surface area contributed by atoms with Crippen LogP contribution in [0.15, 0.2) is 0 Å². The summed E-state index contributed by atoms with van der Waals surface area (Å²) in [7, 11) is 0. The summed E-state index contributed by atoms with van der Waals surface area (Å²) in [5.41, 5.74) is 5.95. The normalized spacial score (nSPS) is 29.8. The molecule has 146 valence electrons. The molecule has 0 bridgehead atoms. The number of nitrogens with two attached hydrogens (primary N) is 1. The number of aromatic nitrogens is 3. The van der Waals surface area contributed by atoms with E-state index in [1.165, 1.54) is 12.8 Å². The first-order chi connectivity index (χ1) is 12.6. The minimum Gasteiger partial charge on any atom is -0.393 e. The Labute approximate surface area is 156 Å². The fraction of sp³-hybridized carbons (Fsp3) is 0.895. The highest BCUT2D eigenvalue weighted by molar-refractivity contribution is 5.08. The quantitative estimate of drug-likeness (QED) is 0.811. The van der Waals surface area contributed by atoms with Crippen LogP contribution in [0.1, 0.15) is 63.0 Å².